The minimum atomic E-state index is -0.624. The van der Waals surface area contributed by atoms with Gasteiger partial charge in [-0.25, -0.2) is 4.99 Å². The fourth-order valence-corrected chi connectivity index (χ4v) is 7.36. The van der Waals surface area contributed by atoms with Crippen molar-refractivity contribution >= 4 is 57.4 Å². The van der Waals surface area contributed by atoms with E-state index in [0.717, 1.165) is 33.3 Å². The van der Waals surface area contributed by atoms with Gasteiger partial charge < -0.3 is 9.47 Å². The lowest BCUT2D eigenvalue weighted by Gasteiger charge is -2.29. The molecule has 0 saturated heterocycles. The molecule has 0 N–H and O–H groups in total. The van der Waals surface area contributed by atoms with Gasteiger partial charge in [-0.3, -0.25) is 14.2 Å². The summed E-state index contributed by atoms with van der Waals surface area (Å²) >= 11 is 14.1. The van der Waals surface area contributed by atoms with Crippen LogP contribution < -0.4 is 14.9 Å². The lowest BCUT2D eigenvalue weighted by Crippen LogP contribution is -2.43. The summed E-state index contributed by atoms with van der Waals surface area (Å²) < 4.78 is 4.46. The molecule has 6 nitrogen and oxygen atoms in total. The summed E-state index contributed by atoms with van der Waals surface area (Å²) in [6.45, 7) is 9.55. The van der Waals surface area contributed by atoms with Crippen LogP contribution in [0.4, 0.5) is 0 Å². The van der Waals surface area contributed by atoms with Gasteiger partial charge in [-0.15, -0.1) is 0 Å². The number of halogens is 2. The van der Waals surface area contributed by atoms with Crippen LogP contribution in [0.25, 0.3) is 17.0 Å². The number of hydrogen-bond acceptors (Lipinski definition) is 4. The van der Waals surface area contributed by atoms with E-state index in [1.165, 1.54) is 11.3 Å². The molecule has 224 valence electrons. The van der Waals surface area contributed by atoms with Crippen molar-refractivity contribution in [2.45, 2.75) is 40.3 Å². The van der Waals surface area contributed by atoms with Gasteiger partial charge in [0, 0.05) is 51.8 Å². The number of nitrogens with zero attached hydrogens (tertiary/aromatic N) is 4. The number of carbonyl (C=O) groups is 1. The van der Waals surface area contributed by atoms with Gasteiger partial charge in [0.15, 0.2) is 4.80 Å². The Kier molecular flexibility index (Phi) is 8.38. The van der Waals surface area contributed by atoms with Crippen molar-refractivity contribution in [2.24, 2.45) is 4.99 Å². The monoisotopic (exact) mass is 642 g/mol. The second kappa shape index (κ2) is 12.2. The van der Waals surface area contributed by atoms with E-state index >= 15 is 0 Å². The van der Waals surface area contributed by atoms with Gasteiger partial charge in [-0.2, -0.15) is 0 Å². The third-order valence-corrected chi connectivity index (χ3v) is 9.93. The van der Waals surface area contributed by atoms with Crippen molar-refractivity contribution in [3.8, 4) is 0 Å². The second-order valence-corrected chi connectivity index (χ2v) is 12.7. The van der Waals surface area contributed by atoms with Crippen molar-refractivity contribution in [3.05, 3.63) is 136 Å². The molecule has 3 aromatic carbocycles. The van der Waals surface area contributed by atoms with Crippen LogP contribution in [0.1, 0.15) is 49.2 Å². The quantitative estimate of drug-likeness (QED) is 0.198. The van der Waals surface area contributed by atoms with E-state index in [2.05, 4.69) is 23.6 Å². The number of fused-ring (bicyclic) bond motifs is 2. The van der Waals surface area contributed by atoms with Gasteiger partial charge in [0.05, 0.1) is 21.8 Å². The third kappa shape index (κ3) is 5.23. The third-order valence-electron chi connectivity index (χ3n) is 8.33. The zero-order chi connectivity index (χ0) is 31.1. The molecule has 1 atom stereocenters. The van der Waals surface area contributed by atoms with Crippen LogP contribution in [-0.4, -0.2) is 33.0 Å². The van der Waals surface area contributed by atoms with Gasteiger partial charge in [-0.05, 0) is 69.2 Å². The first-order valence-electron chi connectivity index (χ1n) is 14.6. The van der Waals surface area contributed by atoms with Crippen molar-refractivity contribution in [1.82, 2.24) is 14.0 Å². The average molecular weight is 644 g/mol. The molecule has 0 fully saturated rings. The normalized spacial score (nSPS) is 15.0. The molecule has 0 unspecified atom stereocenters. The molecule has 44 heavy (non-hydrogen) atoms. The maximum absolute atomic E-state index is 14.3. The Hall–Kier alpha value is -3.91. The number of rotatable bonds is 7. The Balaban J connectivity index is 1.55. The van der Waals surface area contributed by atoms with Gasteiger partial charge in [0.2, 0.25) is 0 Å². The Morgan fingerprint density at radius 2 is 1.66 bits per heavy atom. The van der Waals surface area contributed by atoms with Crippen molar-refractivity contribution in [3.63, 3.8) is 0 Å². The highest BCUT2D eigenvalue weighted by atomic mass is 35.5. The van der Waals surface area contributed by atoms with E-state index in [1.54, 1.807) is 21.6 Å². The number of aromatic nitrogens is 2. The zero-order valence-corrected chi connectivity index (χ0v) is 27.3. The number of carbonyl (C=O) groups excluding carboxylic acids is 1. The molecule has 6 rings (SSSR count). The van der Waals surface area contributed by atoms with Crippen LogP contribution in [0.15, 0.2) is 93.9 Å². The number of amides is 1. The standard InChI is InChI=1S/C35H32Cl2N4O2S/c1-5-39(6-2)34(43)31-21(3)38-35-41(32(31)23-15-17-25(36)18-16-23)33(42)30(44-35)19-27-22(4)40(29-14-10-8-12-26(27)29)20-24-11-7-9-13-28(24)37/h7-19,32H,5-6,20H2,1-4H3/b30-19+/t32-/m1/s1. The van der Waals surface area contributed by atoms with E-state index in [-0.39, 0.29) is 11.5 Å². The second-order valence-electron chi connectivity index (χ2n) is 10.8. The van der Waals surface area contributed by atoms with Crippen molar-refractivity contribution in [2.75, 3.05) is 13.1 Å². The van der Waals surface area contributed by atoms with Crippen LogP contribution in [0, 0.1) is 6.92 Å². The molecule has 0 radical (unpaired) electrons. The van der Waals surface area contributed by atoms with Crippen molar-refractivity contribution < 1.29 is 4.79 Å². The summed E-state index contributed by atoms with van der Waals surface area (Å²) in [6.07, 6.45) is 1.97. The summed E-state index contributed by atoms with van der Waals surface area (Å²) in [5.74, 6) is -0.121. The van der Waals surface area contributed by atoms with Crippen LogP contribution in [-0.2, 0) is 11.3 Å². The lowest BCUT2D eigenvalue weighted by molar-refractivity contribution is -0.127. The highest BCUT2D eigenvalue weighted by Crippen LogP contribution is 2.32. The molecule has 0 spiro atoms. The van der Waals surface area contributed by atoms with Crippen LogP contribution in [0.5, 0.6) is 0 Å². The smallest absolute Gasteiger partial charge is 0.271 e. The zero-order valence-electron chi connectivity index (χ0n) is 25.0. The summed E-state index contributed by atoms with van der Waals surface area (Å²) in [5, 5.41) is 2.35. The van der Waals surface area contributed by atoms with Crippen LogP contribution in [0.3, 0.4) is 0 Å². The highest BCUT2D eigenvalue weighted by Gasteiger charge is 2.34. The maximum Gasteiger partial charge on any atom is 0.271 e. The molecule has 5 aromatic rings. The van der Waals surface area contributed by atoms with Gasteiger partial charge >= 0.3 is 0 Å². The Bertz CT molecular complexity index is 2120. The van der Waals surface area contributed by atoms with Gasteiger partial charge in [0.25, 0.3) is 11.5 Å². The Labute approximate surface area is 269 Å². The molecular weight excluding hydrogens is 611 g/mol. The van der Waals surface area contributed by atoms with Crippen LogP contribution >= 0.6 is 34.5 Å². The van der Waals surface area contributed by atoms with Gasteiger partial charge in [-0.1, -0.05) is 83.1 Å². The minimum absolute atomic E-state index is 0.121. The minimum Gasteiger partial charge on any atom is -0.340 e. The predicted molar refractivity (Wildman–Crippen MR) is 180 cm³/mol. The predicted octanol–water partition coefficient (Wildman–Crippen LogP) is 6.72. The number of likely N-dealkylation sites (N-methyl/N-ethyl adjacent to an activating group) is 1. The molecular formula is C35H32Cl2N4O2S. The Morgan fingerprint density at radius 3 is 2.36 bits per heavy atom. The van der Waals surface area contributed by atoms with Gasteiger partial charge in [0.1, 0.15) is 0 Å². The molecule has 9 heteroatoms. The first kappa shape index (κ1) is 30.1. The molecule has 2 aromatic heterocycles. The van der Waals surface area contributed by atoms with Crippen molar-refractivity contribution in [1.29, 1.82) is 0 Å². The topological polar surface area (TPSA) is 59.6 Å². The summed E-state index contributed by atoms with van der Waals surface area (Å²) in [4.78, 5) is 35.3. The number of para-hydroxylation sites is 1. The average Bonchev–Trinajstić information content (AvgIpc) is 3.47. The number of hydrogen-bond donors (Lipinski definition) is 0. The van der Waals surface area contributed by atoms with Crippen LogP contribution in [0.2, 0.25) is 10.0 Å². The molecule has 1 amide bonds. The van der Waals surface area contributed by atoms with E-state index in [1.807, 2.05) is 75.4 Å². The molecule has 3 heterocycles. The van der Waals surface area contributed by atoms with E-state index < -0.39 is 6.04 Å². The summed E-state index contributed by atoms with van der Waals surface area (Å²) in [7, 11) is 0. The number of benzene rings is 3. The largest absolute Gasteiger partial charge is 0.340 e. The first-order valence-corrected chi connectivity index (χ1v) is 16.2. The molecule has 1 aliphatic heterocycles. The summed E-state index contributed by atoms with van der Waals surface area (Å²) in [6, 6.07) is 22.8. The lowest BCUT2D eigenvalue weighted by atomic mass is 9.94. The maximum atomic E-state index is 14.3. The number of thiazole rings is 1. The van der Waals surface area contributed by atoms with E-state index in [4.69, 9.17) is 28.2 Å². The molecule has 0 bridgehead atoms. The van der Waals surface area contributed by atoms with E-state index in [9.17, 15) is 9.59 Å². The summed E-state index contributed by atoms with van der Waals surface area (Å²) in [5.41, 5.74) is 5.81. The molecule has 0 aliphatic carbocycles. The first-order chi connectivity index (χ1) is 21.2. The Morgan fingerprint density at radius 1 is 0.977 bits per heavy atom. The SMILES string of the molecule is CCN(CC)C(=O)C1=C(C)N=c2s/c(=C/c3c(C)n(Cc4ccccc4Cl)c4ccccc34)c(=O)n2[C@@H]1c1ccc(Cl)cc1. The fourth-order valence-electron chi connectivity index (χ4n) is 6.01. The number of allylic oxidation sites excluding steroid dienone is 1. The highest BCUT2D eigenvalue weighted by molar-refractivity contribution is 7.07. The molecule has 0 saturated carbocycles. The molecule has 1 aliphatic rings. The van der Waals surface area contributed by atoms with E-state index in [0.29, 0.717) is 50.3 Å². The fraction of sp³-hybridized carbons (Fsp3) is 0.229.